The molecule has 1 nitrogen and oxygen atoms in total. The number of benzene rings is 1. The lowest BCUT2D eigenvalue weighted by atomic mass is 9.95. The van der Waals surface area contributed by atoms with E-state index in [1.807, 2.05) is 0 Å². The van der Waals surface area contributed by atoms with E-state index < -0.39 is 0 Å². The quantitative estimate of drug-likeness (QED) is 0.652. The smallest absolute Gasteiger partial charge is 0.0417 e. The summed E-state index contributed by atoms with van der Waals surface area (Å²) >= 11 is 2.10. The van der Waals surface area contributed by atoms with Crippen molar-refractivity contribution in [1.82, 2.24) is 5.32 Å². The number of aryl methyl sites for hydroxylation is 3. The van der Waals surface area contributed by atoms with Crippen LogP contribution in [0.5, 0.6) is 0 Å². The second kappa shape index (κ2) is 9.53. The molecule has 2 unspecified atom stereocenters. The molecule has 0 aliphatic carbocycles. The molecule has 0 fully saturated rings. The third kappa shape index (κ3) is 6.04. The highest BCUT2D eigenvalue weighted by molar-refractivity contribution is 7.99. The Bertz CT molecular complexity index is 405. The first-order valence-corrected chi connectivity index (χ1v) is 9.53. The summed E-state index contributed by atoms with van der Waals surface area (Å²) in [6, 6.07) is 5.13. The monoisotopic (exact) mass is 307 g/mol. The largest absolute Gasteiger partial charge is 0.309 e. The molecule has 120 valence electrons. The molecule has 0 aromatic heterocycles. The van der Waals surface area contributed by atoms with Crippen LogP contribution in [0.1, 0.15) is 61.9 Å². The van der Waals surface area contributed by atoms with Crippen molar-refractivity contribution < 1.29 is 0 Å². The minimum atomic E-state index is 0.486. The van der Waals surface area contributed by atoms with Crippen LogP contribution in [0.25, 0.3) is 0 Å². The molecule has 21 heavy (non-hydrogen) atoms. The van der Waals surface area contributed by atoms with Crippen LogP contribution in [0.2, 0.25) is 0 Å². The Morgan fingerprint density at radius 1 is 1.05 bits per heavy atom. The summed E-state index contributed by atoms with van der Waals surface area (Å²) in [5.41, 5.74) is 5.76. The summed E-state index contributed by atoms with van der Waals surface area (Å²) in [6.45, 7) is 14.7. The molecule has 0 bridgehead atoms. The summed E-state index contributed by atoms with van der Waals surface area (Å²) in [7, 11) is 0. The highest BCUT2D eigenvalue weighted by atomic mass is 32.2. The second-order valence-electron chi connectivity index (χ2n) is 6.37. The molecule has 0 spiro atoms. The molecular formula is C19H33NS. The topological polar surface area (TPSA) is 12.0 Å². The lowest BCUT2D eigenvalue weighted by Gasteiger charge is -2.24. The maximum absolute atomic E-state index is 3.76. The number of thioether (sulfide) groups is 1. The highest BCUT2D eigenvalue weighted by Crippen LogP contribution is 2.27. The van der Waals surface area contributed by atoms with Crippen LogP contribution >= 0.6 is 11.8 Å². The van der Waals surface area contributed by atoms with Gasteiger partial charge >= 0.3 is 0 Å². The number of hydrogen-bond donors (Lipinski definition) is 1. The fourth-order valence-corrected chi connectivity index (χ4v) is 4.10. The number of hydrogen-bond acceptors (Lipinski definition) is 2. The van der Waals surface area contributed by atoms with Crippen LogP contribution < -0.4 is 5.32 Å². The molecule has 1 aromatic rings. The van der Waals surface area contributed by atoms with Crippen LogP contribution in [0.4, 0.5) is 0 Å². The maximum Gasteiger partial charge on any atom is 0.0417 e. The summed E-state index contributed by atoms with van der Waals surface area (Å²) in [5, 5.41) is 3.76. The molecule has 0 saturated carbocycles. The predicted octanol–water partition coefficient (Wildman–Crippen LogP) is 5.43. The van der Waals surface area contributed by atoms with Gasteiger partial charge in [0.15, 0.2) is 0 Å². The molecule has 1 N–H and O–H groups in total. The minimum Gasteiger partial charge on any atom is -0.309 e. The van der Waals surface area contributed by atoms with Crippen LogP contribution in [-0.2, 0) is 0 Å². The van der Waals surface area contributed by atoms with E-state index in [-0.39, 0.29) is 0 Å². The lowest BCUT2D eigenvalue weighted by molar-refractivity contribution is 0.571. The van der Waals surface area contributed by atoms with Gasteiger partial charge in [0.05, 0.1) is 0 Å². The molecule has 0 aliphatic rings. The first-order valence-electron chi connectivity index (χ1n) is 8.38. The second-order valence-corrected chi connectivity index (χ2v) is 7.44. The first kappa shape index (κ1) is 18.6. The summed E-state index contributed by atoms with van der Waals surface area (Å²) in [4.78, 5) is 0. The molecule has 0 radical (unpaired) electrons. The van der Waals surface area contributed by atoms with Crippen LogP contribution in [0.3, 0.4) is 0 Å². The van der Waals surface area contributed by atoms with E-state index in [1.54, 1.807) is 0 Å². The highest BCUT2D eigenvalue weighted by Gasteiger charge is 2.16. The van der Waals surface area contributed by atoms with E-state index in [0.29, 0.717) is 6.04 Å². The van der Waals surface area contributed by atoms with E-state index in [9.17, 15) is 0 Å². The van der Waals surface area contributed by atoms with Crippen molar-refractivity contribution >= 4 is 11.8 Å². The first-order chi connectivity index (χ1) is 9.99. The predicted molar refractivity (Wildman–Crippen MR) is 98.5 cm³/mol. The average Bonchev–Trinajstić information content (AvgIpc) is 2.42. The van der Waals surface area contributed by atoms with Crippen molar-refractivity contribution in [3.8, 4) is 0 Å². The fraction of sp³-hybridized carbons (Fsp3) is 0.684. The average molecular weight is 308 g/mol. The zero-order valence-corrected chi connectivity index (χ0v) is 15.6. The Labute approximate surface area is 136 Å². The van der Waals surface area contributed by atoms with Gasteiger partial charge in [0.2, 0.25) is 0 Å². The van der Waals surface area contributed by atoms with E-state index in [4.69, 9.17) is 0 Å². The number of rotatable bonds is 9. The standard InChI is InChI=1S/C19H33NS/c1-7-9-20-18(13-21-12-14(3)8-2)19-16(5)10-15(4)11-17(19)6/h10-11,14,18,20H,7-9,12-13H2,1-6H3. The van der Waals surface area contributed by atoms with Gasteiger partial charge in [-0.15, -0.1) is 0 Å². The van der Waals surface area contributed by atoms with Crippen molar-refractivity contribution in [3.05, 3.63) is 34.4 Å². The van der Waals surface area contributed by atoms with Crippen molar-refractivity contribution in [3.63, 3.8) is 0 Å². The molecule has 0 aliphatic heterocycles. The van der Waals surface area contributed by atoms with Gasteiger partial charge < -0.3 is 5.32 Å². The zero-order chi connectivity index (χ0) is 15.8. The van der Waals surface area contributed by atoms with E-state index in [1.165, 1.54) is 46.6 Å². The molecular weight excluding hydrogens is 274 g/mol. The molecule has 2 atom stereocenters. The van der Waals surface area contributed by atoms with Gasteiger partial charge in [-0.2, -0.15) is 11.8 Å². The molecule has 0 heterocycles. The third-order valence-electron chi connectivity index (χ3n) is 4.11. The Hall–Kier alpha value is -0.470. The van der Waals surface area contributed by atoms with Gasteiger partial charge in [0.25, 0.3) is 0 Å². The minimum absolute atomic E-state index is 0.486. The Morgan fingerprint density at radius 2 is 1.67 bits per heavy atom. The SMILES string of the molecule is CCCNC(CSCC(C)CC)c1c(C)cc(C)cc1C. The molecule has 2 heteroatoms. The van der Waals surface area contributed by atoms with Gasteiger partial charge in [-0.05, 0) is 62.1 Å². The number of nitrogens with one attached hydrogen (secondary N) is 1. The van der Waals surface area contributed by atoms with Gasteiger partial charge in [-0.25, -0.2) is 0 Å². The van der Waals surface area contributed by atoms with Gasteiger partial charge in [-0.3, -0.25) is 0 Å². The molecule has 1 rings (SSSR count). The van der Waals surface area contributed by atoms with Crippen LogP contribution in [0, 0.1) is 26.7 Å². The van der Waals surface area contributed by atoms with Crippen molar-refractivity contribution in [1.29, 1.82) is 0 Å². The van der Waals surface area contributed by atoms with Gasteiger partial charge in [-0.1, -0.05) is 44.9 Å². The van der Waals surface area contributed by atoms with E-state index >= 15 is 0 Å². The van der Waals surface area contributed by atoms with E-state index in [0.717, 1.165) is 12.5 Å². The summed E-state index contributed by atoms with van der Waals surface area (Å²) < 4.78 is 0. The van der Waals surface area contributed by atoms with Crippen molar-refractivity contribution in [2.75, 3.05) is 18.1 Å². The summed E-state index contributed by atoms with van der Waals surface area (Å²) in [6.07, 6.45) is 2.47. The van der Waals surface area contributed by atoms with Crippen LogP contribution in [0.15, 0.2) is 12.1 Å². The van der Waals surface area contributed by atoms with Crippen molar-refractivity contribution in [2.24, 2.45) is 5.92 Å². The Kier molecular flexibility index (Phi) is 8.43. The maximum atomic E-state index is 3.76. The molecule has 1 aromatic carbocycles. The zero-order valence-electron chi connectivity index (χ0n) is 14.8. The molecule has 0 saturated heterocycles. The van der Waals surface area contributed by atoms with Crippen LogP contribution in [-0.4, -0.2) is 18.1 Å². The van der Waals surface area contributed by atoms with Crippen molar-refractivity contribution in [2.45, 2.75) is 60.4 Å². The van der Waals surface area contributed by atoms with Gasteiger partial charge in [0.1, 0.15) is 0 Å². The Balaban J connectivity index is 2.82. The fourth-order valence-electron chi connectivity index (χ4n) is 2.81. The summed E-state index contributed by atoms with van der Waals surface area (Å²) in [5.74, 6) is 3.27. The lowest BCUT2D eigenvalue weighted by Crippen LogP contribution is -2.26. The normalized spacial score (nSPS) is 14.2. The van der Waals surface area contributed by atoms with E-state index in [2.05, 4.69) is 70.8 Å². The third-order valence-corrected chi connectivity index (χ3v) is 5.48. The Morgan fingerprint density at radius 3 is 2.19 bits per heavy atom. The van der Waals surface area contributed by atoms with Gasteiger partial charge in [0, 0.05) is 11.8 Å². The molecule has 0 amide bonds.